The average molecular weight is 595 g/mol. The first-order chi connectivity index (χ1) is 19.8. The van der Waals surface area contributed by atoms with Crippen LogP contribution in [0.25, 0.3) is 0 Å². The van der Waals surface area contributed by atoms with E-state index in [1.54, 1.807) is 40.1 Å². The zero-order valence-corrected chi connectivity index (χ0v) is 25.0. The number of anilines is 2. The van der Waals surface area contributed by atoms with E-state index in [4.69, 9.17) is 9.88 Å². The van der Waals surface area contributed by atoms with E-state index in [2.05, 4.69) is 4.90 Å². The molecular formula is C31H38N4O6S. The van der Waals surface area contributed by atoms with E-state index in [0.717, 1.165) is 11.3 Å². The SMILES string of the molecule is CC(C)(C)OC(=O)N1CCN(c2ccc(CN(C(=O)Cc3ccc(S(N)(=O)=O)cc3)c3ccccc3CO)cc2)CC1. The van der Waals surface area contributed by atoms with Crippen LogP contribution in [-0.4, -0.2) is 62.2 Å². The lowest BCUT2D eigenvalue weighted by Crippen LogP contribution is -2.50. The van der Waals surface area contributed by atoms with Crippen molar-refractivity contribution in [2.24, 2.45) is 5.14 Å². The van der Waals surface area contributed by atoms with Crippen LogP contribution in [-0.2, 0) is 39.1 Å². The first-order valence-electron chi connectivity index (χ1n) is 13.8. The van der Waals surface area contributed by atoms with Crippen LogP contribution in [0.15, 0.2) is 77.7 Å². The summed E-state index contributed by atoms with van der Waals surface area (Å²) in [5.74, 6) is -0.207. The molecule has 0 aromatic heterocycles. The van der Waals surface area contributed by atoms with E-state index in [1.807, 2.05) is 51.1 Å². The highest BCUT2D eigenvalue weighted by Gasteiger charge is 2.26. The Balaban J connectivity index is 1.47. The van der Waals surface area contributed by atoms with E-state index >= 15 is 0 Å². The smallest absolute Gasteiger partial charge is 0.410 e. The second-order valence-corrected chi connectivity index (χ2v) is 12.8. The number of para-hydroxylation sites is 1. The largest absolute Gasteiger partial charge is 0.444 e. The molecule has 42 heavy (non-hydrogen) atoms. The van der Waals surface area contributed by atoms with Crippen molar-refractivity contribution in [3.8, 4) is 0 Å². The predicted molar refractivity (Wildman–Crippen MR) is 162 cm³/mol. The monoisotopic (exact) mass is 594 g/mol. The highest BCUT2D eigenvalue weighted by Crippen LogP contribution is 2.26. The molecule has 3 aromatic carbocycles. The number of nitrogens with zero attached hydrogens (tertiary/aromatic N) is 3. The fourth-order valence-electron chi connectivity index (χ4n) is 4.75. The second-order valence-electron chi connectivity index (χ2n) is 11.3. The summed E-state index contributed by atoms with van der Waals surface area (Å²) in [5.41, 5.74) is 3.25. The zero-order chi connectivity index (χ0) is 30.5. The number of carbonyl (C=O) groups excluding carboxylic acids is 2. The number of nitrogens with two attached hydrogens (primary N) is 1. The number of primary sulfonamides is 1. The third-order valence-electron chi connectivity index (χ3n) is 6.93. The van der Waals surface area contributed by atoms with Gasteiger partial charge in [0.2, 0.25) is 15.9 Å². The van der Waals surface area contributed by atoms with Crippen LogP contribution in [0, 0.1) is 0 Å². The van der Waals surface area contributed by atoms with Crippen LogP contribution in [0.2, 0.25) is 0 Å². The van der Waals surface area contributed by atoms with Crippen LogP contribution in [0.3, 0.4) is 0 Å². The van der Waals surface area contributed by atoms with E-state index in [1.165, 1.54) is 12.1 Å². The van der Waals surface area contributed by atoms with Gasteiger partial charge in [-0.25, -0.2) is 18.4 Å². The Labute approximate surface area is 247 Å². The summed E-state index contributed by atoms with van der Waals surface area (Å²) in [6.45, 7) is 8.10. The molecule has 1 aliphatic rings. The Bertz CT molecular complexity index is 1490. The van der Waals surface area contributed by atoms with Crippen molar-refractivity contribution < 1.29 is 27.9 Å². The van der Waals surface area contributed by atoms with Gasteiger partial charge in [0.1, 0.15) is 5.60 Å². The predicted octanol–water partition coefficient (Wildman–Crippen LogP) is 3.66. The molecule has 0 spiro atoms. The van der Waals surface area contributed by atoms with Crippen LogP contribution < -0.4 is 14.9 Å². The molecule has 0 bridgehead atoms. The van der Waals surface area contributed by atoms with Crippen molar-refractivity contribution >= 4 is 33.4 Å². The maximum Gasteiger partial charge on any atom is 0.410 e. The van der Waals surface area contributed by atoms with Crippen molar-refractivity contribution in [2.75, 3.05) is 36.0 Å². The molecule has 3 aromatic rings. The minimum Gasteiger partial charge on any atom is -0.444 e. The number of sulfonamides is 1. The molecule has 0 unspecified atom stereocenters. The normalized spacial score (nSPS) is 14.0. The third-order valence-corrected chi connectivity index (χ3v) is 7.86. The number of piperazine rings is 1. The topological polar surface area (TPSA) is 133 Å². The lowest BCUT2D eigenvalue weighted by Gasteiger charge is -2.36. The molecule has 0 radical (unpaired) electrons. The minimum atomic E-state index is -3.83. The highest BCUT2D eigenvalue weighted by atomic mass is 32.2. The fourth-order valence-corrected chi connectivity index (χ4v) is 5.27. The standard InChI is InChI=1S/C31H38N4O6S/c1-31(2,3)41-30(38)34-18-16-33(17-19-34)26-12-8-24(9-13-26)21-35(28-7-5-4-6-25(28)22-36)29(37)20-23-10-14-27(15-11-23)42(32,39)40/h4-15,36H,16-22H2,1-3H3,(H2,32,39,40). The number of aliphatic hydroxyl groups is 1. The van der Waals surface area contributed by atoms with E-state index in [9.17, 15) is 23.1 Å². The Kier molecular flexibility index (Phi) is 9.55. The Morgan fingerprint density at radius 3 is 2.07 bits per heavy atom. The van der Waals surface area contributed by atoms with Gasteiger partial charge < -0.3 is 24.5 Å². The van der Waals surface area contributed by atoms with Crippen LogP contribution >= 0.6 is 0 Å². The number of ether oxygens (including phenoxy) is 1. The quantitative estimate of drug-likeness (QED) is 0.407. The molecular weight excluding hydrogens is 556 g/mol. The number of amides is 2. The number of hydrogen-bond donors (Lipinski definition) is 2. The van der Waals surface area contributed by atoms with Gasteiger partial charge in [-0.15, -0.1) is 0 Å². The van der Waals surface area contributed by atoms with Crippen LogP contribution in [0.5, 0.6) is 0 Å². The van der Waals surface area contributed by atoms with Crippen molar-refractivity contribution in [3.63, 3.8) is 0 Å². The Morgan fingerprint density at radius 1 is 0.905 bits per heavy atom. The van der Waals surface area contributed by atoms with Gasteiger partial charge in [0.05, 0.1) is 24.5 Å². The zero-order valence-electron chi connectivity index (χ0n) is 24.2. The van der Waals surface area contributed by atoms with Gasteiger partial charge >= 0.3 is 6.09 Å². The fraction of sp³-hybridized carbons (Fsp3) is 0.355. The summed E-state index contributed by atoms with van der Waals surface area (Å²) < 4.78 is 28.7. The van der Waals surface area contributed by atoms with Gasteiger partial charge in [0.15, 0.2) is 0 Å². The molecule has 0 atom stereocenters. The summed E-state index contributed by atoms with van der Waals surface area (Å²) in [4.78, 5) is 31.5. The maximum atomic E-state index is 13.6. The van der Waals surface area contributed by atoms with Gasteiger partial charge in [-0.05, 0) is 62.2 Å². The summed E-state index contributed by atoms with van der Waals surface area (Å²) in [5, 5.41) is 15.2. The van der Waals surface area contributed by atoms with Crippen molar-refractivity contribution in [1.82, 2.24) is 4.90 Å². The molecule has 0 saturated carbocycles. The number of hydrogen-bond acceptors (Lipinski definition) is 7. The highest BCUT2D eigenvalue weighted by molar-refractivity contribution is 7.89. The average Bonchev–Trinajstić information content (AvgIpc) is 2.95. The molecule has 1 aliphatic heterocycles. The molecule has 1 fully saturated rings. The number of carbonyl (C=O) groups is 2. The van der Waals surface area contributed by atoms with Crippen molar-refractivity contribution in [2.45, 2.75) is 50.8 Å². The van der Waals surface area contributed by atoms with Gasteiger partial charge in [-0.3, -0.25) is 4.79 Å². The molecule has 0 aliphatic carbocycles. The van der Waals surface area contributed by atoms with Gasteiger partial charge in [0, 0.05) is 43.1 Å². The minimum absolute atomic E-state index is 0.0208. The lowest BCUT2D eigenvalue weighted by atomic mass is 10.1. The van der Waals surface area contributed by atoms with Crippen molar-refractivity contribution in [3.05, 3.63) is 89.5 Å². The third kappa shape index (κ3) is 8.09. The summed E-state index contributed by atoms with van der Waals surface area (Å²) in [6, 6.07) is 21.1. The summed E-state index contributed by atoms with van der Waals surface area (Å²) in [6.07, 6.45) is -0.268. The molecule has 2 amide bonds. The molecule has 224 valence electrons. The molecule has 1 heterocycles. The first-order valence-corrected chi connectivity index (χ1v) is 15.3. The number of rotatable bonds is 8. The maximum absolute atomic E-state index is 13.6. The van der Waals surface area contributed by atoms with E-state index in [0.29, 0.717) is 43.0 Å². The molecule has 11 heteroatoms. The number of benzene rings is 3. The van der Waals surface area contributed by atoms with E-state index < -0.39 is 15.6 Å². The lowest BCUT2D eigenvalue weighted by molar-refractivity contribution is -0.118. The summed E-state index contributed by atoms with van der Waals surface area (Å²) in [7, 11) is -3.83. The molecule has 10 nitrogen and oxygen atoms in total. The van der Waals surface area contributed by atoms with Gasteiger partial charge in [-0.1, -0.05) is 42.5 Å². The van der Waals surface area contributed by atoms with E-state index in [-0.39, 0.29) is 36.5 Å². The molecule has 4 rings (SSSR count). The molecule has 1 saturated heterocycles. The van der Waals surface area contributed by atoms with Gasteiger partial charge in [-0.2, -0.15) is 0 Å². The van der Waals surface area contributed by atoms with Crippen LogP contribution in [0.4, 0.5) is 16.2 Å². The molecule has 3 N–H and O–H groups in total. The van der Waals surface area contributed by atoms with Gasteiger partial charge in [0.25, 0.3) is 0 Å². The summed E-state index contributed by atoms with van der Waals surface area (Å²) >= 11 is 0. The van der Waals surface area contributed by atoms with Crippen LogP contribution in [0.1, 0.15) is 37.5 Å². The second kappa shape index (κ2) is 12.9. The Morgan fingerprint density at radius 2 is 1.50 bits per heavy atom. The van der Waals surface area contributed by atoms with Crippen molar-refractivity contribution in [1.29, 1.82) is 0 Å². The number of aliphatic hydroxyl groups excluding tert-OH is 1. The Hall–Kier alpha value is -3.93. The first kappa shape index (κ1) is 31.0.